The molecule has 0 aliphatic rings. The number of sulfonamides is 1. The Balaban J connectivity index is 2.72. The predicted molar refractivity (Wildman–Crippen MR) is 77.3 cm³/mol. The van der Waals surface area contributed by atoms with Crippen LogP contribution in [0.2, 0.25) is 0 Å². The van der Waals surface area contributed by atoms with E-state index < -0.39 is 20.9 Å². The fraction of sp³-hybridized carbons (Fsp3) is 0.364. The number of benzene rings is 1. The van der Waals surface area contributed by atoms with E-state index in [1.165, 1.54) is 12.1 Å². The molecular formula is C11H16N4O5S. The Morgan fingerprint density at radius 1 is 1.43 bits per heavy atom. The summed E-state index contributed by atoms with van der Waals surface area (Å²) in [4.78, 5) is 21.9. The fourth-order valence-electron chi connectivity index (χ4n) is 1.54. The van der Waals surface area contributed by atoms with Gasteiger partial charge in [0.15, 0.2) is 0 Å². The molecule has 9 nitrogen and oxygen atoms in total. The Morgan fingerprint density at radius 3 is 2.67 bits per heavy atom. The average molecular weight is 316 g/mol. The molecule has 1 aromatic carbocycles. The Bertz CT molecular complexity index is 644. The Kier molecular flexibility index (Phi) is 5.61. The van der Waals surface area contributed by atoms with Gasteiger partial charge in [-0.2, -0.15) is 0 Å². The number of nitrogen functional groups attached to an aromatic ring is 1. The van der Waals surface area contributed by atoms with Gasteiger partial charge < -0.3 is 11.1 Å². The van der Waals surface area contributed by atoms with Crippen LogP contribution in [0.3, 0.4) is 0 Å². The first-order chi connectivity index (χ1) is 9.76. The third-order valence-electron chi connectivity index (χ3n) is 2.51. The smallest absolute Gasteiger partial charge is 0.270 e. The van der Waals surface area contributed by atoms with Crippen LogP contribution in [0.4, 0.5) is 11.4 Å². The van der Waals surface area contributed by atoms with Crippen molar-refractivity contribution in [1.29, 1.82) is 0 Å². The van der Waals surface area contributed by atoms with E-state index >= 15 is 0 Å². The quantitative estimate of drug-likeness (QED) is 0.362. The summed E-state index contributed by atoms with van der Waals surface area (Å²) in [6.07, 6.45) is 0. The molecule has 0 heterocycles. The molecule has 0 bridgehead atoms. The summed E-state index contributed by atoms with van der Waals surface area (Å²) in [5, 5.41) is 13.0. The zero-order valence-electron chi connectivity index (χ0n) is 11.3. The van der Waals surface area contributed by atoms with Crippen molar-refractivity contribution in [2.24, 2.45) is 0 Å². The number of non-ortho nitro benzene ring substituents is 1. The number of hydrogen-bond donors (Lipinski definition) is 3. The second kappa shape index (κ2) is 6.99. The van der Waals surface area contributed by atoms with Gasteiger partial charge in [0, 0.05) is 30.9 Å². The zero-order valence-corrected chi connectivity index (χ0v) is 12.1. The van der Waals surface area contributed by atoms with Crippen LogP contribution < -0.4 is 15.8 Å². The van der Waals surface area contributed by atoms with E-state index in [4.69, 9.17) is 5.73 Å². The number of nitro benzene ring substituents is 1. The predicted octanol–water partition coefficient (Wildman–Crippen LogP) is -0.154. The van der Waals surface area contributed by atoms with Crippen molar-refractivity contribution in [3.05, 3.63) is 33.9 Å². The summed E-state index contributed by atoms with van der Waals surface area (Å²) in [5.74, 6) is -0.954. The van der Waals surface area contributed by atoms with E-state index in [9.17, 15) is 23.3 Å². The van der Waals surface area contributed by atoms with Gasteiger partial charge in [0.05, 0.1) is 16.2 Å². The van der Waals surface area contributed by atoms with E-state index in [-0.39, 0.29) is 35.8 Å². The van der Waals surface area contributed by atoms with Crippen molar-refractivity contribution in [1.82, 2.24) is 10.0 Å². The van der Waals surface area contributed by atoms with Gasteiger partial charge in [-0.1, -0.05) is 6.92 Å². The highest BCUT2D eigenvalue weighted by molar-refractivity contribution is 7.89. The first-order valence-electron chi connectivity index (χ1n) is 6.06. The first-order valence-corrected chi connectivity index (χ1v) is 7.71. The van der Waals surface area contributed by atoms with E-state index in [0.717, 1.165) is 6.07 Å². The van der Waals surface area contributed by atoms with E-state index in [2.05, 4.69) is 10.0 Å². The summed E-state index contributed by atoms with van der Waals surface area (Å²) in [7, 11) is -3.45. The van der Waals surface area contributed by atoms with E-state index in [1.807, 2.05) is 0 Å². The van der Waals surface area contributed by atoms with Crippen LogP contribution in [0.1, 0.15) is 17.3 Å². The van der Waals surface area contributed by atoms with Crippen LogP contribution in [-0.4, -0.2) is 38.1 Å². The van der Waals surface area contributed by atoms with E-state index in [0.29, 0.717) is 0 Å². The van der Waals surface area contributed by atoms with Crippen LogP contribution in [-0.2, 0) is 10.0 Å². The first kappa shape index (κ1) is 16.9. The number of nitro groups is 1. The third-order valence-corrected chi connectivity index (χ3v) is 3.98. The molecule has 0 radical (unpaired) electrons. The molecule has 0 aliphatic heterocycles. The lowest BCUT2D eigenvalue weighted by atomic mass is 10.1. The van der Waals surface area contributed by atoms with Gasteiger partial charge in [-0.25, -0.2) is 13.1 Å². The number of rotatable bonds is 7. The molecule has 21 heavy (non-hydrogen) atoms. The summed E-state index contributed by atoms with van der Waals surface area (Å²) >= 11 is 0. The molecule has 0 saturated heterocycles. The van der Waals surface area contributed by atoms with Crippen molar-refractivity contribution in [2.75, 3.05) is 24.6 Å². The maximum absolute atomic E-state index is 11.9. The van der Waals surface area contributed by atoms with Gasteiger partial charge in [0.25, 0.3) is 11.6 Å². The topological polar surface area (TPSA) is 144 Å². The largest absolute Gasteiger partial charge is 0.398 e. The van der Waals surface area contributed by atoms with Gasteiger partial charge in [0.1, 0.15) is 0 Å². The highest BCUT2D eigenvalue weighted by Crippen LogP contribution is 2.19. The molecule has 0 unspecified atom stereocenters. The molecule has 4 N–H and O–H groups in total. The van der Waals surface area contributed by atoms with Crippen LogP contribution in [0, 0.1) is 10.1 Å². The highest BCUT2D eigenvalue weighted by atomic mass is 32.2. The fourth-order valence-corrected chi connectivity index (χ4v) is 2.50. The second-order valence-electron chi connectivity index (χ2n) is 4.10. The van der Waals surface area contributed by atoms with Crippen molar-refractivity contribution in [2.45, 2.75) is 6.92 Å². The number of carbonyl (C=O) groups excluding carboxylic acids is 1. The lowest BCUT2D eigenvalue weighted by Crippen LogP contribution is -2.34. The molecule has 1 rings (SSSR count). The Morgan fingerprint density at radius 2 is 2.10 bits per heavy atom. The van der Waals surface area contributed by atoms with Crippen molar-refractivity contribution in [3.63, 3.8) is 0 Å². The van der Waals surface area contributed by atoms with E-state index in [1.54, 1.807) is 6.92 Å². The molecule has 0 spiro atoms. The maximum Gasteiger partial charge on any atom is 0.270 e. The standard InChI is InChI=1S/C11H16N4O5S/c1-2-14-21(19,20)6-5-13-11(16)9-7-8(15(17)18)3-4-10(9)12/h3-4,7,14H,2,5-6,12H2,1H3,(H,13,16). The van der Waals surface area contributed by atoms with Gasteiger partial charge in [-0.3, -0.25) is 14.9 Å². The minimum Gasteiger partial charge on any atom is -0.398 e. The third kappa shape index (κ3) is 5.00. The molecule has 1 aromatic rings. The van der Waals surface area contributed by atoms with Gasteiger partial charge >= 0.3 is 0 Å². The Hall–Kier alpha value is -2.20. The second-order valence-corrected chi connectivity index (χ2v) is 6.03. The normalized spacial score (nSPS) is 11.1. The molecule has 10 heteroatoms. The average Bonchev–Trinajstić information content (AvgIpc) is 2.38. The summed E-state index contributed by atoms with van der Waals surface area (Å²) < 4.78 is 25.0. The number of nitrogens with zero attached hydrogens (tertiary/aromatic N) is 1. The summed E-state index contributed by atoms with van der Waals surface area (Å²) in [6, 6.07) is 3.48. The molecule has 0 fully saturated rings. The van der Waals surface area contributed by atoms with Crippen LogP contribution >= 0.6 is 0 Å². The van der Waals surface area contributed by atoms with Crippen LogP contribution in [0.15, 0.2) is 18.2 Å². The number of amides is 1. The molecule has 0 aromatic heterocycles. The number of carbonyl (C=O) groups is 1. The van der Waals surface area contributed by atoms with Gasteiger partial charge in [-0.15, -0.1) is 0 Å². The van der Waals surface area contributed by atoms with Crippen molar-refractivity contribution < 1.29 is 18.1 Å². The number of hydrogen-bond acceptors (Lipinski definition) is 6. The minimum absolute atomic E-state index is 0.0648. The Labute approximate surface area is 121 Å². The van der Waals surface area contributed by atoms with Gasteiger partial charge in [0.2, 0.25) is 10.0 Å². The number of nitrogens with one attached hydrogen (secondary N) is 2. The molecular weight excluding hydrogens is 300 g/mol. The number of anilines is 1. The highest BCUT2D eigenvalue weighted by Gasteiger charge is 2.16. The summed E-state index contributed by atoms with van der Waals surface area (Å²) in [6.45, 7) is 1.77. The molecule has 0 aliphatic carbocycles. The SMILES string of the molecule is CCNS(=O)(=O)CCNC(=O)c1cc([N+](=O)[O-])ccc1N. The maximum atomic E-state index is 11.9. The summed E-state index contributed by atoms with van der Waals surface area (Å²) in [5.41, 5.74) is 5.32. The van der Waals surface area contributed by atoms with Crippen LogP contribution in [0.25, 0.3) is 0 Å². The molecule has 1 amide bonds. The molecule has 116 valence electrons. The number of nitrogens with two attached hydrogens (primary N) is 1. The lowest BCUT2D eigenvalue weighted by Gasteiger charge is -2.08. The molecule has 0 saturated carbocycles. The molecule has 0 atom stereocenters. The minimum atomic E-state index is -3.45. The lowest BCUT2D eigenvalue weighted by molar-refractivity contribution is -0.384. The van der Waals surface area contributed by atoms with Crippen molar-refractivity contribution >= 4 is 27.3 Å². The van der Waals surface area contributed by atoms with Crippen LogP contribution in [0.5, 0.6) is 0 Å². The van der Waals surface area contributed by atoms with Gasteiger partial charge in [-0.05, 0) is 6.07 Å². The van der Waals surface area contributed by atoms with Crippen molar-refractivity contribution in [3.8, 4) is 0 Å². The zero-order chi connectivity index (χ0) is 16.0. The monoisotopic (exact) mass is 316 g/mol.